The number of nitro benzene ring substituents is 1. The van der Waals surface area contributed by atoms with Gasteiger partial charge in [-0.2, -0.15) is 18.4 Å². The standard InChI is InChI=1S/C24H13ClF3N3O5/c1-34-21-10-13(8-14(12-29)23-30-17-4-2-3-5-19(17)36-23)9-16(25)22(21)35-20-7-6-15(24(26,27)28)11-18(20)31(32)33/h2-11H,1H3/b14-8+. The van der Waals surface area contributed by atoms with Gasteiger partial charge < -0.3 is 13.9 Å². The van der Waals surface area contributed by atoms with E-state index in [1.165, 1.54) is 25.3 Å². The number of nitrogens with zero attached hydrogens (tertiary/aromatic N) is 3. The molecule has 0 bridgehead atoms. The summed E-state index contributed by atoms with van der Waals surface area (Å²) < 4.78 is 55.4. The molecule has 0 aliphatic heterocycles. The van der Waals surface area contributed by atoms with Gasteiger partial charge in [0.2, 0.25) is 11.6 Å². The van der Waals surface area contributed by atoms with Crippen molar-refractivity contribution in [1.29, 1.82) is 5.26 Å². The molecule has 4 rings (SSSR count). The summed E-state index contributed by atoms with van der Waals surface area (Å²) in [7, 11) is 1.28. The Kier molecular flexibility index (Phi) is 6.55. The smallest absolute Gasteiger partial charge is 0.416 e. The Balaban J connectivity index is 1.73. The van der Waals surface area contributed by atoms with Gasteiger partial charge in [-0.15, -0.1) is 0 Å². The molecule has 3 aromatic carbocycles. The lowest BCUT2D eigenvalue weighted by Crippen LogP contribution is -2.06. The summed E-state index contributed by atoms with van der Waals surface area (Å²) in [6.07, 6.45) is -3.34. The van der Waals surface area contributed by atoms with Crippen LogP contribution in [-0.4, -0.2) is 17.0 Å². The predicted octanol–water partition coefficient (Wildman–Crippen LogP) is 7.27. The Morgan fingerprint density at radius 2 is 1.94 bits per heavy atom. The van der Waals surface area contributed by atoms with E-state index in [9.17, 15) is 28.5 Å². The second kappa shape index (κ2) is 9.59. The van der Waals surface area contributed by atoms with Crippen molar-refractivity contribution in [3.8, 4) is 23.3 Å². The minimum atomic E-state index is -4.78. The minimum Gasteiger partial charge on any atom is -0.493 e. The van der Waals surface area contributed by atoms with Gasteiger partial charge in [-0.1, -0.05) is 23.7 Å². The fraction of sp³-hybridized carbons (Fsp3) is 0.0833. The van der Waals surface area contributed by atoms with Crippen molar-refractivity contribution in [1.82, 2.24) is 4.98 Å². The molecule has 0 unspecified atom stereocenters. The highest BCUT2D eigenvalue weighted by molar-refractivity contribution is 6.32. The van der Waals surface area contributed by atoms with Crippen LogP contribution < -0.4 is 9.47 Å². The number of halogens is 4. The number of allylic oxidation sites excluding steroid dienone is 1. The van der Waals surface area contributed by atoms with Crippen molar-refractivity contribution in [2.75, 3.05) is 7.11 Å². The number of aromatic nitrogens is 1. The van der Waals surface area contributed by atoms with Crippen molar-refractivity contribution < 1.29 is 32.0 Å². The van der Waals surface area contributed by atoms with Crippen LogP contribution in [0, 0.1) is 21.4 Å². The highest BCUT2D eigenvalue weighted by Crippen LogP contribution is 2.44. The maximum Gasteiger partial charge on any atom is 0.416 e. The topological polar surface area (TPSA) is 111 Å². The van der Waals surface area contributed by atoms with E-state index >= 15 is 0 Å². The first-order valence-corrected chi connectivity index (χ1v) is 10.4. The third kappa shape index (κ3) is 4.94. The number of oxazole rings is 1. The number of alkyl halides is 3. The van der Waals surface area contributed by atoms with Crippen molar-refractivity contribution in [3.05, 3.63) is 86.8 Å². The van der Waals surface area contributed by atoms with Gasteiger partial charge in [0.05, 0.1) is 22.6 Å². The van der Waals surface area contributed by atoms with E-state index in [4.69, 9.17) is 25.5 Å². The van der Waals surface area contributed by atoms with E-state index in [2.05, 4.69) is 4.98 Å². The summed E-state index contributed by atoms with van der Waals surface area (Å²) in [5.41, 5.74) is -0.600. The Morgan fingerprint density at radius 3 is 2.58 bits per heavy atom. The van der Waals surface area contributed by atoms with E-state index < -0.39 is 28.1 Å². The van der Waals surface area contributed by atoms with E-state index in [0.717, 1.165) is 6.07 Å². The van der Waals surface area contributed by atoms with Crippen LogP contribution >= 0.6 is 11.6 Å². The molecule has 0 saturated carbocycles. The fourth-order valence-corrected chi connectivity index (χ4v) is 3.51. The summed E-state index contributed by atoms with van der Waals surface area (Å²) in [4.78, 5) is 14.7. The monoisotopic (exact) mass is 515 g/mol. The largest absolute Gasteiger partial charge is 0.493 e. The zero-order valence-corrected chi connectivity index (χ0v) is 18.9. The molecule has 0 N–H and O–H groups in total. The summed E-state index contributed by atoms with van der Waals surface area (Å²) in [6.45, 7) is 0. The quantitative estimate of drug-likeness (QED) is 0.151. The number of benzene rings is 3. The van der Waals surface area contributed by atoms with Gasteiger partial charge in [-0.3, -0.25) is 10.1 Å². The number of methoxy groups -OCH3 is 1. The molecule has 1 heterocycles. The predicted molar refractivity (Wildman–Crippen MR) is 124 cm³/mol. The normalized spacial score (nSPS) is 11.8. The van der Waals surface area contributed by atoms with Crippen LogP contribution in [0.5, 0.6) is 17.2 Å². The van der Waals surface area contributed by atoms with Gasteiger partial charge in [-0.25, -0.2) is 4.98 Å². The van der Waals surface area contributed by atoms with Crippen LogP contribution in [0.2, 0.25) is 5.02 Å². The minimum absolute atomic E-state index is 0.0119. The molecule has 36 heavy (non-hydrogen) atoms. The van der Waals surface area contributed by atoms with Gasteiger partial charge in [0.25, 0.3) is 0 Å². The van der Waals surface area contributed by atoms with Gasteiger partial charge in [0.15, 0.2) is 17.1 Å². The van der Waals surface area contributed by atoms with Crippen LogP contribution in [0.25, 0.3) is 22.7 Å². The number of nitro groups is 1. The molecule has 0 radical (unpaired) electrons. The van der Waals surface area contributed by atoms with Crippen molar-refractivity contribution in [2.45, 2.75) is 6.18 Å². The van der Waals surface area contributed by atoms with Crippen molar-refractivity contribution >= 4 is 40.0 Å². The number of rotatable bonds is 6. The van der Waals surface area contributed by atoms with Gasteiger partial charge in [-0.05, 0) is 48.0 Å². The molecule has 0 spiro atoms. The maximum absolute atomic E-state index is 13.0. The first-order chi connectivity index (χ1) is 17.1. The average molecular weight is 516 g/mol. The lowest BCUT2D eigenvalue weighted by Gasteiger charge is -2.14. The third-order valence-corrected chi connectivity index (χ3v) is 5.18. The Labute approximate surface area is 205 Å². The summed E-state index contributed by atoms with van der Waals surface area (Å²) >= 11 is 6.33. The molecule has 1 aromatic heterocycles. The van der Waals surface area contributed by atoms with Crippen molar-refractivity contribution in [2.24, 2.45) is 0 Å². The zero-order valence-electron chi connectivity index (χ0n) is 18.2. The van der Waals surface area contributed by atoms with Crippen molar-refractivity contribution in [3.63, 3.8) is 0 Å². The maximum atomic E-state index is 13.0. The number of nitriles is 1. The lowest BCUT2D eigenvalue weighted by atomic mass is 10.1. The summed E-state index contributed by atoms with van der Waals surface area (Å²) in [5, 5.41) is 20.9. The average Bonchev–Trinajstić information content (AvgIpc) is 3.27. The Bertz CT molecular complexity index is 1520. The molecule has 0 saturated heterocycles. The molecule has 182 valence electrons. The SMILES string of the molecule is COc1cc(/C=C(\C#N)c2nc3ccccc3o2)cc(Cl)c1Oc1ccc(C(F)(F)F)cc1[N+](=O)[O-]. The lowest BCUT2D eigenvalue weighted by molar-refractivity contribution is -0.385. The highest BCUT2D eigenvalue weighted by Gasteiger charge is 2.33. The first kappa shape index (κ1) is 24.6. The first-order valence-electron chi connectivity index (χ1n) is 9.99. The highest BCUT2D eigenvalue weighted by atomic mass is 35.5. The molecule has 12 heteroatoms. The fourth-order valence-electron chi connectivity index (χ4n) is 3.25. The molecule has 0 fully saturated rings. The molecule has 8 nitrogen and oxygen atoms in total. The molecule has 0 atom stereocenters. The molecular weight excluding hydrogens is 503 g/mol. The number of hydrogen-bond donors (Lipinski definition) is 0. The summed E-state index contributed by atoms with van der Waals surface area (Å²) in [5.74, 6) is -0.549. The summed E-state index contributed by atoms with van der Waals surface area (Å²) in [6, 6.07) is 13.6. The van der Waals surface area contributed by atoms with E-state index in [-0.39, 0.29) is 28.0 Å². The van der Waals surface area contributed by atoms with Crippen LogP contribution in [0.1, 0.15) is 17.0 Å². The second-order valence-corrected chi connectivity index (χ2v) is 7.64. The van der Waals surface area contributed by atoms with Crippen LogP contribution in [0.3, 0.4) is 0 Å². The van der Waals surface area contributed by atoms with Gasteiger partial charge in [0, 0.05) is 6.07 Å². The van der Waals surface area contributed by atoms with Gasteiger partial charge >= 0.3 is 11.9 Å². The van der Waals surface area contributed by atoms with E-state index in [1.807, 2.05) is 6.07 Å². The zero-order chi connectivity index (χ0) is 26.0. The molecule has 0 aliphatic carbocycles. The Hall–Kier alpha value is -4.56. The number of ether oxygens (including phenoxy) is 2. The number of para-hydroxylation sites is 2. The molecular formula is C24H13ClF3N3O5. The Morgan fingerprint density at radius 1 is 1.19 bits per heavy atom. The van der Waals surface area contributed by atoms with E-state index in [0.29, 0.717) is 28.8 Å². The molecule has 0 aliphatic rings. The van der Waals surface area contributed by atoms with Crippen LogP contribution in [0.15, 0.2) is 59.0 Å². The number of fused-ring (bicyclic) bond motifs is 1. The van der Waals surface area contributed by atoms with Crippen LogP contribution in [-0.2, 0) is 6.18 Å². The number of hydrogen-bond acceptors (Lipinski definition) is 7. The van der Waals surface area contributed by atoms with Crippen LogP contribution in [0.4, 0.5) is 18.9 Å². The van der Waals surface area contributed by atoms with Gasteiger partial charge in [0.1, 0.15) is 17.2 Å². The molecule has 0 amide bonds. The third-order valence-electron chi connectivity index (χ3n) is 4.90. The molecule has 4 aromatic rings. The van der Waals surface area contributed by atoms with E-state index in [1.54, 1.807) is 24.3 Å². The second-order valence-electron chi connectivity index (χ2n) is 7.23.